The SMILES string of the molecule is CC(C)NC(=O)O[C@@H]1CC[C@H](c2cc(NC(=O)c3cc(C=O)c4[nH]ncc4c3)n[nH]2)C1. The first-order valence-electron chi connectivity index (χ1n) is 10.2. The molecule has 0 radical (unpaired) electrons. The Morgan fingerprint density at radius 3 is 2.84 bits per heavy atom. The molecule has 1 aromatic carbocycles. The number of carbonyl (C=O) groups excluding carboxylic acids is 3. The molecule has 0 unspecified atom stereocenters. The van der Waals surface area contributed by atoms with Gasteiger partial charge >= 0.3 is 6.09 Å². The second-order valence-corrected chi connectivity index (χ2v) is 8.02. The quantitative estimate of drug-likeness (QED) is 0.448. The van der Waals surface area contributed by atoms with Gasteiger partial charge in [0.05, 0.1) is 11.7 Å². The van der Waals surface area contributed by atoms with E-state index < -0.39 is 6.09 Å². The fourth-order valence-corrected chi connectivity index (χ4v) is 3.86. The number of nitrogens with one attached hydrogen (secondary N) is 4. The molecule has 10 heteroatoms. The number of aromatic amines is 2. The number of rotatable bonds is 6. The molecule has 3 aromatic rings. The predicted molar refractivity (Wildman–Crippen MR) is 113 cm³/mol. The van der Waals surface area contributed by atoms with Gasteiger partial charge in [0, 0.05) is 40.2 Å². The number of hydrogen-bond donors (Lipinski definition) is 4. The molecular formula is C21H24N6O4. The first-order valence-corrected chi connectivity index (χ1v) is 10.2. The standard InChI is InChI=1S/C21H24N6O4/c1-11(2)23-21(30)31-16-4-3-12(7-16)17-8-18(26-25-17)24-20(29)13-5-14-9-22-27-19(14)15(6-13)10-28/h5-6,8-12,16H,3-4,7H2,1-2H3,(H,22,27)(H,23,30)(H2,24,25,26,29)/t12-,16+/m0/s1. The number of aldehydes is 1. The van der Waals surface area contributed by atoms with Gasteiger partial charge in [-0.15, -0.1) is 0 Å². The number of hydrogen-bond acceptors (Lipinski definition) is 6. The second-order valence-electron chi connectivity index (χ2n) is 8.02. The van der Waals surface area contributed by atoms with E-state index in [0.29, 0.717) is 40.6 Å². The third-order valence-electron chi connectivity index (χ3n) is 5.31. The van der Waals surface area contributed by atoms with Crippen molar-refractivity contribution < 1.29 is 19.1 Å². The molecule has 2 heterocycles. The molecule has 4 rings (SSSR count). The molecule has 1 aliphatic rings. The number of anilines is 1. The van der Waals surface area contributed by atoms with Crippen LogP contribution in [0, 0.1) is 0 Å². The van der Waals surface area contributed by atoms with Crippen molar-refractivity contribution in [3.05, 3.63) is 41.2 Å². The summed E-state index contributed by atoms with van der Waals surface area (Å²) in [4.78, 5) is 35.8. The fraction of sp³-hybridized carbons (Fsp3) is 0.381. The van der Waals surface area contributed by atoms with Crippen molar-refractivity contribution in [2.45, 2.75) is 51.2 Å². The lowest BCUT2D eigenvalue weighted by Gasteiger charge is -2.14. The molecule has 4 N–H and O–H groups in total. The maximum atomic E-state index is 12.7. The van der Waals surface area contributed by atoms with Crippen LogP contribution in [0.4, 0.5) is 10.6 Å². The fourth-order valence-electron chi connectivity index (χ4n) is 3.86. The van der Waals surface area contributed by atoms with Crippen LogP contribution in [-0.2, 0) is 4.74 Å². The molecule has 162 valence electrons. The number of nitrogens with zero attached hydrogens (tertiary/aromatic N) is 2. The van der Waals surface area contributed by atoms with Crippen molar-refractivity contribution in [3.8, 4) is 0 Å². The van der Waals surface area contributed by atoms with Crippen LogP contribution in [-0.4, -0.2) is 50.8 Å². The number of carbonyl (C=O) groups is 3. The Kier molecular flexibility index (Phi) is 5.70. The van der Waals surface area contributed by atoms with Gasteiger partial charge in [0.25, 0.3) is 5.91 Å². The van der Waals surface area contributed by atoms with Gasteiger partial charge in [-0.25, -0.2) is 4.79 Å². The minimum atomic E-state index is -0.400. The van der Waals surface area contributed by atoms with Gasteiger partial charge in [-0.2, -0.15) is 10.2 Å². The van der Waals surface area contributed by atoms with E-state index in [4.69, 9.17) is 4.74 Å². The van der Waals surface area contributed by atoms with Crippen LogP contribution in [0.5, 0.6) is 0 Å². The van der Waals surface area contributed by atoms with Crippen LogP contribution in [0.2, 0.25) is 0 Å². The molecule has 2 aromatic heterocycles. The highest BCUT2D eigenvalue weighted by Crippen LogP contribution is 2.35. The minimum Gasteiger partial charge on any atom is -0.446 e. The molecule has 0 bridgehead atoms. The zero-order chi connectivity index (χ0) is 22.0. The molecule has 10 nitrogen and oxygen atoms in total. The third-order valence-corrected chi connectivity index (χ3v) is 5.31. The highest BCUT2D eigenvalue weighted by molar-refractivity contribution is 6.08. The van der Waals surface area contributed by atoms with Crippen molar-refractivity contribution in [2.75, 3.05) is 5.32 Å². The maximum Gasteiger partial charge on any atom is 0.407 e. The van der Waals surface area contributed by atoms with E-state index in [-0.39, 0.29) is 24.0 Å². The number of H-pyrrole nitrogens is 2. The normalized spacial score (nSPS) is 18.3. The Morgan fingerprint density at radius 1 is 1.23 bits per heavy atom. The Balaban J connectivity index is 1.39. The van der Waals surface area contributed by atoms with E-state index in [1.54, 1.807) is 18.3 Å². The highest BCUT2D eigenvalue weighted by atomic mass is 16.6. The highest BCUT2D eigenvalue weighted by Gasteiger charge is 2.30. The van der Waals surface area contributed by atoms with Crippen LogP contribution in [0.25, 0.3) is 10.9 Å². The van der Waals surface area contributed by atoms with Crippen molar-refractivity contribution in [2.24, 2.45) is 0 Å². The van der Waals surface area contributed by atoms with Gasteiger partial charge in [-0.1, -0.05) is 0 Å². The van der Waals surface area contributed by atoms with Crippen LogP contribution in [0.15, 0.2) is 24.4 Å². The van der Waals surface area contributed by atoms with E-state index >= 15 is 0 Å². The van der Waals surface area contributed by atoms with Gasteiger partial charge < -0.3 is 15.4 Å². The van der Waals surface area contributed by atoms with Crippen LogP contribution < -0.4 is 10.6 Å². The molecule has 1 aliphatic carbocycles. The van der Waals surface area contributed by atoms with Crippen LogP contribution >= 0.6 is 0 Å². The van der Waals surface area contributed by atoms with Gasteiger partial charge in [-0.05, 0) is 45.2 Å². The summed E-state index contributed by atoms with van der Waals surface area (Å²) in [5.41, 5.74) is 2.17. The summed E-state index contributed by atoms with van der Waals surface area (Å²) in [5.74, 6) is 0.183. The number of alkyl carbamates (subject to hydrolysis) is 1. The molecule has 2 amide bonds. The molecule has 1 saturated carbocycles. The average molecular weight is 424 g/mol. The van der Waals surface area contributed by atoms with Gasteiger partial charge in [0.2, 0.25) is 0 Å². The number of aromatic nitrogens is 4. The van der Waals surface area contributed by atoms with E-state index in [1.807, 2.05) is 13.8 Å². The van der Waals surface area contributed by atoms with Gasteiger partial charge in [-0.3, -0.25) is 19.8 Å². The number of fused-ring (bicyclic) bond motifs is 1. The Morgan fingerprint density at radius 2 is 2.06 bits per heavy atom. The van der Waals surface area contributed by atoms with E-state index in [1.165, 1.54) is 6.07 Å². The average Bonchev–Trinajstić information content (AvgIpc) is 3.46. The van der Waals surface area contributed by atoms with Crippen molar-refractivity contribution >= 4 is 35.0 Å². The number of ether oxygens (including phenoxy) is 1. The van der Waals surface area contributed by atoms with E-state index in [9.17, 15) is 14.4 Å². The summed E-state index contributed by atoms with van der Waals surface area (Å²) >= 11 is 0. The maximum absolute atomic E-state index is 12.7. The Hall–Kier alpha value is -3.69. The largest absolute Gasteiger partial charge is 0.446 e. The molecule has 0 aliphatic heterocycles. The predicted octanol–water partition coefficient (Wildman–Crippen LogP) is 3.12. The Bertz CT molecular complexity index is 1120. The molecule has 31 heavy (non-hydrogen) atoms. The molecule has 0 saturated heterocycles. The third kappa shape index (κ3) is 4.57. The topological polar surface area (TPSA) is 142 Å². The summed E-state index contributed by atoms with van der Waals surface area (Å²) < 4.78 is 5.46. The lowest BCUT2D eigenvalue weighted by Crippen LogP contribution is -2.33. The number of benzene rings is 1. The summed E-state index contributed by atoms with van der Waals surface area (Å²) in [7, 11) is 0. The molecule has 0 spiro atoms. The monoisotopic (exact) mass is 424 g/mol. The number of amides is 2. The first-order chi connectivity index (χ1) is 14.9. The van der Waals surface area contributed by atoms with Crippen molar-refractivity contribution in [1.82, 2.24) is 25.7 Å². The molecule has 2 atom stereocenters. The summed E-state index contributed by atoms with van der Waals surface area (Å²) in [6, 6.07) is 4.99. The van der Waals surface area contributed by atoms with E-state index in [2.05, 4.69) is 31.0 Å². The molecule has 1 fully saturated rings. The summed E-state index contributed by atoms with van der Waals surface area (Å²) in [6.45, 7) is 3.76. The smallest absolute Gasteiger partial charge is 0.407 e. The first kappa shape index (κ1) is 20.6. The van der Waals surface area contributed by atoms with Gasteiger partial charge in [0.1, 0.15) is 6.10 Å². The lowest BCUT2D eigenvalue weighted by atomic mass is 10.0. The van der Waals surface area contributed by atoms with E-state index in [0.717, 1.165) is 18.5 Å². The summed E-state index contributed by atoms with van der Waals surface area (Å²) in [5, 5.41) is 20.0. The molecular weight excluding hydrogens is 400 g/mol. The Labute approximate surface area is 178 Å². The zero-order valence-corrected chi connectivity index (χ0v) is 17.3. The lowest BCUT2D eigenvalue weighted by molar-refractivity contribution is 0.0979. The van der Waals surface area contributed by atoms with Crippen LogP contribution in [0.3, 0.4) is 0 Å². The van der Waals surface area contributed by atoms with Crippen molar-refractivity contribution in [1.29, 1.82) is 0 Å². The van der Waals surface area contributed by atoms with Crippen molar-refractivity contribution in [3.63, 3.8) is 0 Å². The second kappa shape index (κ2) is 8.58. The minimum absolute atomic E-state index is 0.0281. The summed E-state index contributed by atoms with van der Waals surface area (Å²) in [6.07, 6.45) is 4.03. The van der Waals surface area contributed by atoms with Gasteiger partial charge in [0.15, 0.2) is 12.1 Å². The van der Waals surface area contributed by atoms with Crippen LogP contribution in [0.1, 0.15) is 65.4 Å². The zero-order valence-electron chi connectivity index (χ0n) is 17.3.